The van der Waals surface area contributed by atoms with Crippen LogP contribution in [0.2, 0.25) is 0 Å². The molecule has 0 radical (unpaired) electrons. The second kappa shape index (κ2) is 6.97. The number of nitrogens with two attached hydrogens (primary N) is 1. The summed E-state index contributed by atoms with van der Waals surface area (Å²) in [7, 11) is 0. The molecule has 1 aromatic carbocycles. The van der Waals surface area contributed by atoms with Crippen molar-refractivity contribution in [2.75, 3.05) is 38.5 Å². The molecule has 0 aromatic heterocycles. The number of amides is 2. The highest BCUT2D eigenvalue weighted by atomic mass is 16.5. The van der Waals surface area contributed by atoms with Crippen molar-refractivity contribution in [1.29, 1.82) is 0 Å². The van der Waals surface area contributed by atoms with Crippen molar-refractivity contribution in [2.45, 2.75) is 13.3 Å². The number of anilines is 1. The van der Waals surface area contributed by atoms with E-state index in [-0.39, 0.29) is 24.9 Å². The summed E-state index contributed by atoms with van der Waals surface area (Å²) in [5.41, 5.74) is 6.29. The van der Waals surface area contributed by atoms with E-state index < -0.39 is 0 Å². The first-order chi connectivity index (χ1) is 10.1. The highest BCUT2D eigenvalue weighted by Gasteiger charge is 2.28. The molecule has 114 valence electrons. The van der Waals surface area contributed by atoms with Crippen LogP contribution in [0.4, 0.5) is 5.69 Å². The van der Waals surface area contributed by atoms with Crippen molar-refractivity contribution in [3.8, 4) is 5.75 Å². The number of carbonyl (C=O) groups is 2. The fraction of sp³-hybridized carbons (Fsp3) is 0.467. The molecule has 0 bridgehead atoms. The SMILES string of the molecule is CCN1CC(=O)N(CCCOc2ccc(N)cc2)CC1=O. The number of rotatable bonds is 6. The predicted molar refractivity (Wildman–Crippen MR) is 79.8 cm³/mol. The first kappa shape index (κ1) is 15.2. The lowest BCUT2D eigenvalue weighted by molar-refractivity contribution is -0.149. The lowest BCUT2D eigenvalue weighted by atomic mass is 10.2. The molecule has 0 unspecified atom stereocenters. The first-order valence-corrected chi connectivity index (χ1v) is 7.14. The van der Waals surface area contributed by atoms with E-state index in [1.807, 2.05) is 19.1 Å². The van der Waals surface area contributed by atoms with Crippen molar-refractivity contribution in [3.05, 3.63) is 24.3 Å². The van der Waals surface area contributed by atoms with E-state index in [9.17, 15) is 9.59 Å². The molecular formula is C15H21N3O3. The molecule has 1 aliphatic heterocycles. The second-order valence-corrected chi connectivity index (χ2v) is 4.99. The normalized spacial score (nSPS) is 15.5. The Kier molecular flexibility index (Phi) is 5.03. The second-order valence-electron chi connectivity index (χ2n) is 4.99. The van der Waals surface area contributed by atoms with E-state index in [4.69, 9.17) is 10.5 Å². The molecule has 1 aromatic rings. The fourth-order valence-electron chi connectivity index (χ4n) is 2.20. The average Bonchev–Trinajstić information content (AvgIpc) is 2.48. The van der Waals surface area contributed by atoms with Crippen LogP contribution in [-0.2, 0) is 9.59 Å². The molecule has 0 spiro atoms. The Bertz CT molecular complexity index is 501. The van der Waals surface area contributed by atoms with Crippen LogP contribution in [0, 0.1) is 0 Å². The van der Waals surface area contributed by atoms with Crippen LogP contribution in [0.25, 0.3) is 0 Å². The lowest BCUT2D eigenvalue weighted by Gasteiger charge is -2.33. The third-order valence-electron chi connectivity index (χ3n) is 3.46. The summed E-state index contributed by atoms with van der Waals surface area (Å²) in [6, 6.07) is 7.18. The number of likely N-dealkylation sites (N-methyl/N-ethyl adjacent to an activating group) is 1. The maximum Gasteiger partial charge on any atom is 0.242 e. The molecule has 2 N–H and O–H groups in total. The third-order valence-corrected chi connectivity index (χ3v) is 3.46. The number of carbonyl (C=O) groups excluding carboxylic acids is 2. The van der Waals surface area contributed by atoms with E-state index in [0.717, 1.165) is 5.75 Å². The maximum atomic E-state index is 11.9. The zero-order valence-electron chi connectivity index (χ0n) is 12.2. The monoisotopic (exact) mass is 291 g/mol. The Labute approximate surface area is 124 Å². The van der Waals surface area contributed by atoms with Crippen LogP contribution in [0.5, 0.6) is 5.75 Å². The quantitative estimate of drug-likeness (QED) is 0.619. The van der Waals surface area contributed by atoms with E-state index in [1.165, 1.54) is 0 Å². The van der Waals surface area contributed by atoms with Crippen molar-refractivity contribution >= 4 is 17.5 Å². The van der Waals surface area contributed by atoms with Crippen molar-refractivity contribution in [2.24, 2.45) is 0 Å². The van der Waals surface area contributed by atoms with Gasteiger partial charge in [0.25, 0.3) is 0 Å². The largest absolute Gasteiger partial charge is 0.494 e. The molecule has 6 heteroatoms. The lowest BCUT2D eigenvalue weighted by Crippen LogP contribution is -2.53. The summed E-state index contributed by atoms with van der Waals surface area (Å²) in [5, 5.41) is 0. The Morgan fingerprint density at radius 1 is 1.10 bits per heavy atom. The highest BCUT2D eigenvalue weighted by Crippen LogP contribution is 2.13. The molecule has 21 heavy (non-hydrogen) atoms. The summed E-state index contributed by atoms with van der Waals surface area (Å²) in [4.78, 5) is 26.8. The van der Waals surface area contributed by atoms with Gasteiger partial charge in [0.2, 0.25) is 11.8 Å². The molecule has 0 atom stereocenters. The van der Waals surface area contributed by atoms with Gasteiger partial charge in [0.1, 0.15) is 5.75 Å². The van der Waals surface area contributed by atoms with Gasteiger partial charge >= 0.3 is 0 Å². The molecular weight excluding hydrogens is 270 g/mol. The van der Waals surface area contributed by atoms with Gasteiger partial charge in [0.15, 0.2) is 0 Å². The minimum atomic E-state index is 0.00364. The number of nitrogen functional groups attached to an aromatic ring is 1. The third kappa shape index (κ3) is 4.11. The molecule has 0 saturated carbocycles. The molecule has 1 saturated heterocycles. The number of benzene rings is 1. The number of hydrogen-bond donors (Lipinski definition) is 1. The van der Waals surface area contributed by atoms with Crippen molar-refractivity contribution < 1.29 is 14.3 Å². The van der Waals surface area contributed by atoms with Gasteiger partial charge in [-0.3, -0.25) is 9.59 Å². The predicted octanol–water partition coefficient (Wildman–Crippen LogP) is 0.728. The Hall–Kier alpha value is -2.24. The molecule has 1 fully saturated rings. The van der Waals surface area contributed by atoms with Crippen LogP contribution in [0.3, 0.4) is 0 Å². The van der Waals surface area contributed by atoms with Crippen LogP contribution in [-0.4, -0.2) is 54.4 Å². The van der Waals surface area contributed by atoms with Gasteiger partial charge in [-0.1, -0.05) is 0 Å². The number of piperazine rings is 1. The fourth-order valence-corrected chi connectivity index (χ4v) is 2.20. The first-order valence-electron chi connectivity index (χ1n) is 7.14. The summed E-state index contributed by atoms with van der Waals surface area (Å²) < 4.78 is 5.57. The Morgan fingerprint density at radius 3 is 2.38 bits per heavy atom. The summed E-state index contributed by atoms with van der Waals surface area (Å²) in [6.45, 7) is 3.86. The Morgan fingerprint density at radius 2 is 1.71 bits per heavy atom. The standard InChI is InChI=1S/C15H21N3O3/c1-2-17-10-15(20)18(11-14(17)19)8-3-9-21-13-6-4-12(16)5-7-13/h4-7H,2-3,8-11,16H2,1H3. The van der Waals surface area contributed by atoms with Gasteiger partial charge in [-0.15, -0.1) is 0 Å². The molecule has 2 rings (SSSR count). The molecule has 1 aliphatic rings. The average molecular weight is 291 g/mol. The topological polar surface area (TPSA) is 75.9 Å². The van der Waals surface area contributed by atoms with E-state index in [1.54, 1.807) is 21.9 Å². The minimum absolute atomic E-state index is 0.00364. The molecule has 1 heterocycles. The van der Waals surface area contributed by atoms with Gasteiger partial charge in [0.05, 0.1) is 19.7 Å². The molecule has 2 amide bonds. The maximum absolute atomic E-state index is 11.9. The number of ether oxygens (including phenoxy) is 1. The van der Waals surface area contributed by atoms with E-state index in [2.05, 4.69) is 0 Å². The summed E-state index contributed by atoms with van der Waals surface area (Å²) >= 11 is 0. The van der Waals surface area contributed by atoms with Gasteiger partial charge in [-0.05, 0) is 37.6 Å². The van der Waals surface area contributed by atoms with Gasteiger partial charge in [-0.2, -0.15) is 0 Å². The van der Waals surface area contributed by atoms with Gasteiger partial charge < -0.3 is 20.3 Å². The summed E-state index contributed by atoms with van der Waals surface area (Å²) in [5.74, 6) is 0.767. The van der Waals surface area contributed by atoms with Gasteiger partial charge in [0, 0.05) is 18.8 Å². The smallest absolute Gasteiger partial charge is 0.242 e. The zero-order valence-corrected chi connectivity index (χ0v) is 12.2. The van der Waals surface area contributed by atoms with Gasteiger partial charge in [-0.25, -0.2) is 0 Å². The number of nitrogens with zero attached hydrogens (tertiary/aromatic N) is 2. The Balaban J connectivity index is 1.72. The van der Waals surface area contributed by atoms with Crippen molar-refractivity contribution in [3.63, 3.8) is 0 Å². The van der Waals surface area contributed by atoms with E-state index >= 15 is 0 Å². The minimum Gasteiger partial charge on any atom is -0.494 e. The van der Waals surface area contributed by atoms with Crippen LogP contribution in [0.1, 0.15) is 13.3 Å². The van der Waals surface area contributed by atoms with Crippen molar-refractivity contribution in [1.82, 2.24) is 9.80 Å². The molecule has 0 aliphatic carbocycles. The highest BCUT2D eigenvalue weighted by molar-refractivity contribution is 5.92. The van der Waals surface area contributed by atoms with E-state index in [0.29, 0.717) is 31.8 Å². The molecule has 6 nitrogen and oxygen atoms in total. The zero-order chi connectivity index (χ0) is 15.2. The van der Waals surface area contributed by atoms with Crippen LogP contribution < -0.4 is 10.5 Å². The summed E-state index contributed by atoms with van der Waals surface area (Å²) in [6.07, 6.45) is 0.690. The number of hydrogen-bond acceptors (Lipinski definition) is 4. The van der Waals surface area contributed by atoms with Crippen LogP contribution >= 0.6 is 0 Å². The van der Waals surface area contributed by atoms with Crippen LogP contribution in [0.15, 0.2) is 24.3 Å².